The van der Waals surface area contributed by atoms with Crippen LogP contribution < -0.4 is 11.1 Å². The van der Waals surface area contributed by atoms with Crippen molar-refractivity contribution >= 4 is 11.7 Å². The molecule has 1 aliphatic rings. The molecule has 98 valence electrons. The van der Waals surface area contributed by atoms with Crippen LogP contribution >= 0.6 is 0 Å². The highest BCUT2D eigenvalue weighted by molar-refractivity contribution is 5.93. The largest absolute Gasteiger partial charge is 0.381 e. The molecule has 1 fully saturated rings. The molecule has 1 saturated heterocycles. The number of hydrogen-bond donors (Lipinski definition) is 2. The van der Waals surface area contributed by atoms with Gasteiger partial charge in [0.2, 0.25) is 5.91 Å². The second-order valence-electron chi connectivity index (χ2n) is 4.59. The minimum absolute atomic E-state index is 0.430. The van der Waals surface area contributed by atoms with Crippen LogP contribution in [0.1, 0.15) is 29.6 Å². The summed E-state index contributed by atoms with van der Waals surface area (Å²) in [5.41, 5.74) is 5.70. The molecule has 2 rings (SSSR count). The van der Waals surface area contributed by atoms with E-state index in [2.05, 4.69) is 10.3 Å². The van der Waals surface area contributed by atoms with Gasteiger partial charge in [-0.2, -0.15) is 0 Å². The van der Waals surface area contributed by atoms with Crippen LogP contribution in [-0.2, 0) is 4.74 Å². The first-order chi connectivity index (χ1) is 8.75. The van der Waals surface area contributed by atoms with E-state index in [1.165, 1.54) is 6.42 Å². The van der Waals surface area contributed by atoms with Gasteiger partial charge in [0, 0.05) is 31.5 Å². The van der Waals surface area contributed by atoms with Crippen molar-refractivity contribution in [2.24, 2.45) is 11.7 Å². The fraction of sp³-hybridized carbons (Fsp3) is 0.538. The summed E-state index contributed by atoms with van der Waals surface area (Å²) in [7, 11) is 0. The van der Waals surface area contributed by atoms with Crippen LogP contribution in [0.15, 0.2) is 18.3 Å². The predicted molar refractivity (Wildman–Crippen MR) is 69.4 cm³/mol. The van der Waals surface area contributed by atoms with Crippen LogP contribution in [0.2, 0.25) is 0 Å². The maximum absolute atomic E-state index is 11.0. The SMILES string of the molecule is NC(=O)c1ccnc(NCC[C@H]2CCCOC2)c1. The Hall–Kier alpha value is -1.62. The zero-order valence-corrected chi connectivity index (χ0v) is 10.4. The Morgan fingerprint density at radius 1 is 1.61 bits per heavy atom. The normalized spacial score (nSPS) is 19.4. The van der Waals surface area contributed by atoms with Crippen molar-refractivity contribution < 1.29 is 9.53 Å². The third kappa shape index (κ3) is 3.70. The zero-order valence-electron chi connectivity index (χ0n) is 10.4. The Kier molecular flexibility index (Phi) is 4.52. The molecule has 3 N–H and O–H groups in total. The van der Waals surface area contributed by atoms with Crippen LogP contribution in [0.4, 0.5) is 5.82 Å². The molecule has 0 aliphatic carbocycles. The Balaban J connectivity index is 1.78. The highest BCUT2D eigenvalue weighted by Gasteiger charge is 2.13. The van der Waals surface area contributed by atoms with E-state index < -0.39 is 5.91 Å². The highest BCUT2D eigenvalue weighted by Crippen LogP contribution is 2.17. The van der Waals surface area contributed by atoms with Crippen LogP contribution in [0.5, 0.6) is 0 Å². The van der Waals surface area contributed by atoms with Gasteiger partial charge in [0.15, 0.2) is 0 Å². The smallest absolute Gasteiger partial charge is 0.248 e. The molecule has 0 saturated carbocycles. The first-order valence-electron chi connectivity index (χ1n) is 6.33. The molecule has 0 aromatic carbocycles. The zero-order chi connectivity index (χ0) is 12.8. The molecule has 0 unspecified atom stereocenters. The van der Waals surface area contributed by atoms with Crippen molar-refractivity contribution in [2.45, 2.75) is 19.3 Å². The van der Waals surface area contributed by atoms with Gasteiger partial charge in [-0.1, -0.05) is 0 Å². The van der Waals surface area contributed by atoms with Gasteiger partial charge in [0.05, 0.1) is 0 Å². The highest BCUT2D eigenvalue weighted by atomic mass is 16.5. The van der Waals surface area contributed by atoms with Gasteiger partial charge < -0.3 is 15.8 Å². The topological polar surface area (TPSA) is 77.2 Å². The summed E-state index contributed by atoms with van der Waals surface area (Å²) in [6, 6.07) is 3.29. The minimum Gasteiger partial charge on any atom is -0.381 e. The molecule has 1 aromatic heterocycles. The number of aromatic nitrogens is 1. The Morgan fingerprint density at radius 2 is 2.50 bits per heavy atom. The lowest BCUT2D eigenvalue weighted by molar-refractivity contribution is 0.0530. The molecule has 0 radical (unpaired) electrons. The number of rotatable bonds is 5. The van der Waals surface area contributed by atoms with Gasteiger partial charge in [-0.05, 0) is 37.3 Å². The Bertz CT molecular complexity index is 403. The summed E-state index contributed by atoms with van der Waals surface area (Å²) in [6.07, 6.45) is 5.03. The number of pyridine rings is 1. The maximum atomic E-state index is 11.0. The van der Waals surface area contributed by atoms with Crippen molar-refractivity contribution in [3.8, 4) is 0 Å². The monoisotopic (exact) mass is 249 g/mol. The lowest BCUT2D eigenvalue weighted by atomic mass is 9.99. The van der Waals surface area contributed by atoms with E-state index >= 15 is 0 Å². The maximum Gasteiger partial charge on any atom is 0.248 e. The number of primary amides is 1. The van der Waals surface area contributed by atoms with Crippen molar-refractivity contribution in [3.05, 3.63) is 23.9 Å². The van der Waals surface area contributed by atoms with E-state index in [9.17, 15) is 4.79 Å². The van der Waals surface area contributed by atoms with E-state index in [4.69, 9.17) is 10.5 Å². The Morgan fingerprint density at radius 3 is 3.22 bits per heavy atom. The number of ether oxygens (including phenoxy) is 1. The third-order valence-corrected chi connectivity index (χ3v) is 3.16. The summed E-state index contributed by atoms with van der Waals surface area (Å²) in [5.74, 6) is 0.898. The quantitative estimate of drug-likeness (QED) is 0.827. The molecular formula is C13H19N3O2. The number of amides is 1. The van der Waals surface area contributed by atoms with E-state index in [1.54, 1.807) is 18.3 Å². The fourth-order valence-electron chi connectivity index (χ4n) is 2.12. The van der Waals surface area contributed by atoms with Gasteiger partial charge in [-0.3, -0.25) is 4.79 Å². The summed E-state index contributed by atoms with van der Waals surface area (Å²) in [5, 5.41) is 3.21. The predicted octanol–water partition coefficient (Wildman–Crippen LogP) is 1.41. The van der Waals surface area contributed by atoms with Gasteiger partial charge in [-0.15, -0.1) is 0 Å². The minimum atomic E-state index is -0.430. The molecule has 18 heavy (non-hydrogen) atoms. The third-order valence-electron chi connectivity index (χ3n) is 3.16. The molecule has 1 aromatic rings. The first kappa shape index (κ1) is 12.8. The van der Waals surface area contributed by atoms with Crippen LogP contribution in [0.25, 0.3) is 0 Å². The van der Waals surface area contributed by atoms with Gasteiger partial charge in [0.1, 0.15) is 5.82 Å². The fourth-order valence-corrected chi connectivity index (χ4v) is 2.12. The number of nitrogens with one attached hydrogen (secondary N) is 1. The average Bonchev–Trinajstić information content (AvgIpc) is 2.40. The van der Waals surface area contributed by atoms with Crippen molar-refractivity contribution in [2.75, 3.05) is 25.1 Å². The van der Waals surface area contributed by atoms with Gasteiger partial charge >= 0.3 is 0 Å². The van der Waals surface area contributed by atoms with Gasteiger partial charge in [-0.25, -0.2) is 4.98 Å². The average molecular weight is 249 g/mol. The summed E-state index contributed by atoms with van der Waals surface area (Å²) in [6.45, 7) is 2.59. The van der Waals surface area contributed by atoms with Crippen LogP contribution in [-0.4, -0.2) is 30.6 Å². The number of carbonyl (C=O) groups is 1. The van der Waals surface area contributed by atoms with Crippen molar-refractivity contribution in [1.29, 1.82) is 0 Å². The molecular weight excluding hydrogens is 230 g/mol. The van der Waals surface area contributed by atoms with E-state index in [0.29, 0.717) is 17.3 Å². The van der Waals surface area contributed by atoms with Crippen LogP contribution in [0.3, 0.4) is 0 Å². The molecule has 1 amide bonds. The molecule has 0 spiro atoms. The molecule has 1 aliphatic heterocycles. The molecule has 5 nitrogen and oxygen atoms in total. The summed E-state index contributed by atoms with van der Waals surface area (Å²) in [4.78, 5) is 15.2. The number of hydrogen-bond acceptors (Lipinski definition) is 4. The molecule has 0 bridgehead atoms. The molecule has 1 atom stereocenters. The lowest BCUT2D eigenvalue weighted by Crippen LogP contribution is -2.20. The molecule has 2 heterocycles. The number of anilines is 1. The van der Waals surface area contributed by atoms with E-state index in [1.807, 2.05) is 0 Å². The summed E-state index contributed by atoms with van der Waals surface area (Å²) < 4.78 is 5.43. The summed E-state index contributed by atoms with van der Waals surface area (Å²) >= 11 is 0. The second-order valence-corrected chi connectivity index (χ2v) is 4.59. The van der Waals surface area contributed by atoms with Crippen molar-refractivity contribution in [3.63, 3.8) is 0 Å². The number of nitrogens with two attached hydrogens (primary N) is 1. The van der Waals surface area contributed by atoms with Crippen LogP contribution in [0, 0.1) is 5.92 Å². The van der Waals surface area contributed by atoms with Crippen molar-refractivity contribution in [1.82, 2.24) is 4.98 Å². The molecule has 5 heteroatoms. The van der Waals surface area contributed by atoms with Gasteiger partial charge in [0.25, 0.3) is 0 Å². The standard InChI is InChI=1S/C13H19N3O2/c14-13(17)11-4-6-16-12(8-11)15-5-3-10-2-1-7-18-9-10/h4,6,8,10H,1-3,5,7,9H2,(H2,14,17)(H,15,16)/t10-/m1/s1. The first-order valence-corrected chi connectivity index (χ1v) is 6.33. The number of nitrogens with zero attached hydrogens (tertiary/aromatic N) is 1. The second kappa shape index (κ2) is 6.35. The van der Waals surface area contributed by atoms with E-state index in [0.717, 1.165) is 32.6 Å². The number of carbonyl (C=O) groups excluding carboxylic acids is 1. The Labute approximate surface area is 107 Å². The van der Waals surface area contributed by atoms with E-state index in [-0.39, 0.29) is 0 Å². The lowest BCUT2D eigenvalue weighted by Gasteiger charge is -2.22.